The number of ether oxygens (including phenoxy) is 1. The van der Waals surface area contributed by atoms with Crippen molar-refractivity contribution in [1.82, 2.24) is 0 Å². The maximum absolute atomic E-state index is 5.42. The minimum atomic E-state index is 0.705. The summed E-state index contributed by atoms with van der Waals surface area (Å²) in [5, 5.41) is 3.41. The van der Waals surface area contributed by atoms with Crippen LogP contribution in [0.3, 0.4) is 0 Å². The lowest BCUT2D eigenvalue weighted by atomic mass is 10.1. The minimum Gasteiger partial charge on any atom is -0.494 e. The molecule has 0 bridgehead atoms. The van der Waals surface area contributed by atoms with Gasteiger partial charge in [0.25, 0.3) is 0 Å². The Morgan fingerprint density at radius 3 is 2.05 bits per heavy atom. The zero-order valence-electron chi connectivity index (χ0n) is 11.6. The standard InChI is InChI=1S/C17H21NO/c1-3-14-5-7-15(8-6-14)13-18-16-9-11-17(12-10-16)19-4-2/h5-12,18H,3-4,13H2,1-2H3. The molecule has 100 valence electrons. The van der Waals surface area contributed by atoms with Crippen molar-refractivity contribution in [3.63, 3.8) is 0 Å². The Balaban J connectivity index is 1.90. The predicted molar refractivity (Wildman–Crippen MR) is 80.8 cm³/mol. The van der Waals surface area contributed by atoms with E-state index in [9.17, 15) is 0 Å². The molecule has 0 atom stereocenters. The smallest absolute Gasteiger partial charge is 0.119 e. The molecule has 0 spiro atoms. The fraction of sp³-hybridized carbons (Fsp3) is 0.294. The van der Waals surface area contributed by atoms with Crippen LogP contribution in [-0.4, -0.2) is 6.61 Å². The number of nitrogens with one attached hydrogen (secondary N) is 1. The highest BCUT2D eigenvalue weighted by atomic mass is 16.5. The lowest BCUT2D eigenvalue weighted by molar-refractivity contribution is 0.340. The third-order valence-electron chi connectivity index (χ3n) is 3.09. The van der Waals surface area contributed by atoms with Crippen molar-refractivity contribution in [2.24, 2.45) is 0 Å². The molecule has 2 rings (SSSR count). The Morgan fingerprint density at radius 2 is 1.47 bits per heavy atom. The lowest BCUT2D eigenvalue weighted by Crippen LogP contribution is -1.99. The van der Waals surface area contributed by atoms with Crippen molar-refractivity contribution >= 4 is 5.69 Å². The number of hydrogen-bond acceptors (Lipinski definition) is 2. The first kappa shape index (κ1) is 13.5. The van der Waals surface area contributed by atoms with Crippen LogP contribution < -0.4 is 10.1 Å². The normalized spacial score (nSPS) is 10.2. The van der Waals surface area contributed by atoms with Gasteiger partial charge >= 0.3 is 0 Å². The van der Waals surface area contributed by atoms with Crippen LogP contribution in [0.15, 0.2) is 48.5 Å². The van der Waals surface area contributed by atoms with Crippen LogP contribution in [0.2, 0.25) is 0 Å². The van der Waals surface area contributed by atoms with Crippen LogP contribution in [0.25, 0.3) is 0 Å². The minimum absolute atomic E-state index is 0.705. The fourth-order valence-electron chi connectivity index (χ4n) is 1.93. The topological polar surface area (TPSA) is 21.3 Å². The second-order valence-corrected chi connectivity index (χ2v) is 4.48. The third-order valence-corrected chi connectivity index (χ3v) is 3.09. The maximum Gasteiger partial charge on any atom is 0.119 e. The first-order valence-electron chi connectivity index (χ1n) is 6.86. The van der Waals surface area contributed by atoms with Gasteiger partial charge in [-0.2, -0.15) is 0 Å². The molecule has 2 aromatic rings. The van der Waals surface area contributed by atoms with Gasteiger partial charge in [0, 0.05) is 12.2 Å². The van der Waals surface area contributed by atoms with E-state index in [2.05, 4.69) is 36.5 Å². The van der Waals surface area contributed by atoms with Gasteiger partial charge in [-0.05, 0) is 48.7 Å². The molecule has 0 unspecified atom stereocenters. The molecular weight excluding hydrogens is 234 g/mol. The molecule has 0 saturated heterocycles. The highest BCUT2D eigenvalue weighted by Crippen LogP contribution is 2.16. The molecule has 0 saturated carbocycles. The summed E-state index contributed by atoms with van der Waals surface area (Å²) >= 11 is 0. The van der Waals surface area contributed by atoms with Gasteiger partial charge in [-0.3, -0.25) is 0 Å². The molecule has 2 nitrogen and oxygen atoms in total. The number of hydrogen-bond donors (Lipinski definition) is 1. The van der Waals surface area contributed by atoms with E-state index in [1.165, 1.54) is 11.1 Å². The van der Waals surface area contributed by atoms with Gasteiger partial charge < -0.3 is 10.1 Å². The largest absolute Gasteiger partial charge is 0.494 e. The van der Waals surface area contributed by atoms with Gasteiger partial charge in [0.2, 0.25) is 0 Å². The van der Waals surface area contributed by atoms with Crippen LogP contribution in [0.4, 0.5) is 5.69 Å². The van der Waals surface area contributed by atoms with Crippen molar-refractivity contribution in [3.8, 4) is 5.75 Å². The van der Waals surface area contributed by atoms with Crippen molar-refractivity contribution in [2.75, 3.05) is 11.9 Å². The molecule has 0 heterocycles. The maximum atomic E-state index is 5.42. The summed E-state index contributed by atoms with van der Waals surface area (Å²) in [4.78, 5) is 0. The molecule has 0 amide bonds. The van der Waals surface area contributed by atoms with E-state index in [-0.39, 0.29) is 0 Å². The van der Waals surface area contributed by atoms with E-state index >= 15 is 0 Å². The van der Waals surface area contributed by atoms with Crippen molar-refractivity contribution in [3.05, 3.63) is 59.7 Å². The molecule has 2 aromatic carbocycles. The summed E-state index contributed by atoms with van der Waals surface area (Å²) in [7, 11) is 0. The number of aryl methyl sites for hydroxylation is 1. The second-order valence-electron chi connectivity index (χ2n) is 4.48. The molecule has 1 N–H and O–H groups in total. The first-order chi connectivity index (χ1) is 9.31. The van der Waals surface area contributed by atoms with Crippen molar-refractivity contribution in [2.45, 2.75) is 26.8 Å². The molecule has 0 aliphatic heterocycles. The second kappa shape index (κ2) is 6.83. The molecule has 0 radical (unpaired) electrons. The zero-order chi connectivity index (χ0) is 13.5. The summed E-state index contributed by atoms with van der Waals surface area (Å²) in [6, 6.07) is 16.8. The highest BCUT2D eigenvalue weighted by molar-refractivity contribution is 5.46. The Morgan fingerprint density at radius 1 is 0.842 bits per heavy atom. The quantitative estimate of drug-likeness (QED) is 0.832. The summed E-state index contributed by atoms with van der Waals surface area (Å²) < 4.78 is 5.42. The molecule has 0 aromatic heterocycles. The molecular formula is C17H21NO. The van der Waals surface area contributed by atoms with Crippen LogP contribution >= 0.6 is 0 Å². The number of anilines is 1. The van der Waals surface area contributed by atoms with Gasteiger partial charge in [0.15, 0.2) is 0 Å². The summed E-state index contributed by atoms with van der Waals surface area (Å²) in [5.41, 5.74) is 3.79. The van der Waals surface area contributed by atoms with E-state index in [1.54, 1.807) is 0 Å². The van der Waals surface area contributed by atoms with Gasteiger partial charge in [0.05, 0.1) is 6.61 Å². The highest BCUT2D eigenvalue weighted by Gasteiger charge is 1.96. The molecule has 19 heavy (non-hydrogen) atoms. The van der Waals surface area contributed by atoms with Crippen molar-refractivity contribution in [1.29, 1.82) is 0 Å². The van der Waals surface area contributed by atoms with E-state index in [0.29, 0.717) is 6.61 Å². The van der Waals surface area contributed by atoms with Gasteiger partial charge in [-0.25, -0.2) is 0 Å². The van der Waals surface area contributed by atoms with E-state index in [1.807, 2.05) is 31.2 Å². The van der Waals surface area contributed by atoms with Crippen LogP contribution in [0.5, 0.6) is 5.75 Å². The summed E-state index contributed by atoms with van der Waals surface area (Å²) in [6.45, 7) is 5.72. The van der Waals surface area contributed by atoms with Gasteiger partial charge in [-0.1, -0.05) is 31.2 Å². The van der Waals surface area contributed by atoms with Crippen molar-refractivity contribution < 1.29 is 4.74 Å². The molecule has 0 aliphatic carbocycles. The fourth-order valence-corrected chi connectivity index (χ4v) is 1.93. The predicted octanol–water partition coefficient (Wildman–Crippen LogP) is 4.26. The van der Waals surface area contributed by atoms with Gasteiger partial charge in [0.1, 0.15) is 5.75 Å². The Kier molecular flexibility index (Phi) is 4.85. The monoisotopic (exact) mass is 255 g/mol. The number of rotatable bonds is 6. The Hall–Kier alpha value is -1.96. The average molecular weight is 255 g/mol. The van der Waals surface area contributed by atoms with Crippen LogP contribution in [-0.2, 0) is 13.0 Å². The summed E-state index contributed by atoms with van der Waals surface area (Å²) in [5.74, 6) is 0.917. The number of benzene rings is 2. The van der Waals surface area contributed by atoms with Gasteiger partial charge in [-0.15, -0.1) is 0 Å². The first-order valence-corrected chi connectivity index (χ1v) is 6.86. The van der Waals surface area contributed by atoms with E-state index in [4.69, 9.17) is 4.74 Å². The SMILES string of the molecule is CCOc1ccc(NCc2ccc(CC)cc2)cc1. The van der Waals surface area contributed by atoms with E-state index in [0.717, 1.165) is 24.4 Å². The molecule has 0 aliphatic rings. The Labute approximate surface area is 115 Å². The zero-order valence-corrected chi connectivity index (χ0v) is 11.6. The summed E-state index contributed by atoms with van der Waals surface area (Å²) in [6.07, 6.45) is 1.09. The average Bonchev–Trinajstić information content (AvgIpc) is 2.47. The van der Waals surface area contributed by atoms with E-state index < -0.39 is 0 Å². The third kappa shape index (κ3) is 4.02. The Bertz CT molecular complexity index is 488. The molecule has 2 heteroatoms. The molecule has 0 fully saturated rings. The van der Waals surface area contributed by atoms with Crippen LogP contribution in [0.1, 0.15) is 25.0 Å². The van der Waals surface area contributed by atoms with Crippen LogP contribution in [0, 0.1) is 0 Å². The lowest BCUT2D eigenvalue weighted by Gasteiger charge is -2.08.